The van der Waals surface area contributed by atoms with Crippen LogP contribution < -0.4 is 0 Å². The van der Waals surface area contributed by atoms with Crippen molar-refractivity contribution in [3.63, 3.8) is 0 Å². The van der Waals surface area contributed by atoms with E-state index in [1.54, 1.807) is 6.92 Å². The summed E-state index contributed by atoms with van der Waals surface area (Å²) in [5.74, 6) is -4.76. The summed E-state index contributed by atoms with van der Waals surface area (Å²) in [6.07, 6.45) is -17.8. The molecule has 1 saturated heterocycles. The van der Waals surface area contributed by atoms with Crippen molar-refractivity contribution in [1.29, 1.82) is 0 Å². The van der Waals surface area contributed by atoms with Gasteiger partial charge < -0.3 is 35.0 Å². The Morgan fingerprint density at radius 2 is 1.84 bits per heavy atom. The van der Waals surface area contributed by atoms with E-state index in [2.05, 4.69) is 0 Å². The molecule has 0 aromatic heterocycles. The molecule has 4 aliphatic carbocycles. The van der Waals surface area contributed by atoms with Gasteiger partial charge in [-0.2, -0.15) is 0 Å². The number of fused-ring (bicyclic) bond motifs is 5. The summed E-state index contributed by atoms with van der Waals surface area (Å²) in [5.41, 5.74) is -1.90. The number of ether oxygens (including phenoxy) is 2. The van der Waals surface area contributed by atoms with E-state index < -0.39 is 97.1 Å². The summed E-state index contributed by atoms with van der Waals surface area (Å²) in [7, 11) is 0. The number of ketones is 2. The monoisotopic (exact) mass is 529 g/mol. The Morgan fingerprint density at radius 3 is 2.51 bits per heavy atom. The number of Topliss-reactive ketones (excluding diaryl/α,β-unsaturated/α-hetero) is 2. The lowest BCUT2D eigenvalue weighted by atomic mass is 9.44. The molecule has 10 heteroatoms. The maximum atomic E-state index is 13.9. The second-order valence-electron chi connectivity index (χ2n) is 12.0. The van der Waals surface area contributed by atoms with Crippen LogP contribution in [0.3, 0.4) is 0 Å². The Balaban J connectivity index is 1.48. The summed E-state index contributed by atoms with van der Waals surface area (Å²) in [4.78, 5) is 38.1. The molecule has 0 aromatic carbocycles. The number of aliphatic carboxylic acids is 1. The fourth-order valence-corrected chi connectivity index (χ4v) is 8.24. The fraction of sp³-hybridized carbons (Fsp3) is 0.889. The smallest absolute Gasteiger partial charge is 0.335 e. The Bertz CT molecular complexity index is 1150. The molecule has 37 heavy (non-hydrogen) atoms. The Hall–Kier alpha value is -1.43. The minimum absolute atomic E-state index is 0.0466. The first-order chi connectivity index (χ1) is 19.3. The van der Waals surface area contributed by atoms with Crippen LogP contribution in [0.1, 0.15) is 72.0 Å². The molecule has 0 bridgehead atoms. The maximum Gasteiger partial charge on any atom is 0.335 e. The molecule has 0 amide bonds. The van der Waals surface area contributed by atoms with Crippen molar-refractivity contribution in [2.75, 3.05) is 6.61 Å². The molecule has 1 heterocycles. The summed E-state index contributed by atoms with van der Waals surface area (Å²) < 4.78 is 55.8. The molecule has 5 fully saturated rings. The lowest BCUT2D eigenvalue weighted by Gasteiger charge is -2.60. The van der Waals surface area contributed by atoms with Gasteiger partial charge >= 0.3 is 5.97 Å². The van der Waals surface area contributed by atoms with Gasteiger partial charge in [-0.05, 0) is 73.4 Å². The predicted molar refractivity (Wildman–Crippen MR) is 127 cm³/mol. The van der Waals surface area contributed by atoms with E-state index in [9.17, 15) is 39.9 Å². The van der Waals surface area contributed by atoms with Gasteiger partial charge in [-0.15, -0.1) is 0 Å². The number of hydrogen-bond acceptors (Lipinski definition) is 9. The van der Waals surface area contributed by atoms with Crippen molar-refractivity contribution in [3.8, 4) is 0 Å². The zero-order valence-electron chi connectivity index (χ0n) is 26.0. The first-order valence-corrected chi connectivity index (χ1v) is 13.0. The van der Waals surface area contributed by atoms with Crippen LogP contribution in [0.5, 0.6) is 0 Å². The number of carboxylic acids is 1. The number of hydrogen-bond donors (Lipinski definition) is 5. The highest BCUT2D eigenvalue weighted by Gasteiger charge is 2.64. The summed E-state index contributed by atoms with van der Waals surface area (Å²) >= 11 is 0. The molecule has 0 aromatic rings. The zero-order valence-corrected chi connectivity index (χ0v) is 21.0. The lowest BCUT2D eigenvalue weighted by Crippen LogP contribution is -2.61. The Morgan fingerprint density at radius 1 is 1.11 bits per heavy atom. The van der Waals surface area contributed by atoms with E-state index in [1.807, 2.05) is 6.92 Å². The van der Waals surface area contributed by atoms with Gasteiger partial charge in [0.25, 0.3) is 0 Å². The molecule has 0 spiro atoms. The van der Waals surface area contributed by atoms with E-state index in [4.69, 9.17) is 16.3 Å². The SMILES string of the molecule is [2H]C1([2H])C[C@]2(C)[C@H]3C(=O)C[C@]4(C)[C@@H](C(=O)CO)CC[C@H]4[C@@H]3CC[C@H]2C([2H])([2H])[C@]1([2H])O[C@@H]1O[C@H](C(=O)O)[C@@H](O)[C@H](O)[C@H]1O. The molecule has 13 atom stereocenters. The standard InChI is InChI=1S/C27H40O10/c1-26-8-7-13(36-25-22(33)20(31)21(32)23(37-25)24(34)35)9-12(26)3-4-14-15-5-6-16(18(30)11-28)27(15,2)10-17(29)19(14)26/h12-16,19-23,25,28,31-33H,3-11H2,1-2H3,(H,34,35)/t12-,13+,14-,15-,16+,19+,20-,21-,22+,23-,25+,26-,27-/m0/s1/i7D2,9D2,13D. The number of carbonyl (C=O) groups is 3. The fourth-order valence-electron chi connectivity index (χ4n) is 8.24. The maximum absolute atomic E-state index is 13.9. The van der Waals surface area contributed by atoms with Crippen molar-refractivity contribution in [2.45, 2.75) is 102 Å². The van der Waals surface area contributed by atoms with Crippen molar-refractivity contribution < 1.29 is 56.2 Å². The van der Waals surface area contributed by atoms with Gasteiger partial charge in [0.2, 0.25) is 0 Å². The van der Waals surface area contributed by atoms with Crippen LogP contribution >= 0.6 is 0 Å². The molecule has 10 nitrogen and oxygen atoms in total. The molecule has 4 saturated carbocycles. The van der Waals surface area contributed by atoms with Crippen molar-refractivity contribution in [2.24, 2.45) is 40.4 Å². The van der Waals surface area contributed by atoms with Crippen LogP contribution in [-0.2, 0) is 23.9 Å². The van der Waals surface area contributed by atoms with Crippen LogP contribution in [0.25, 0.3) is 0 Å². The summed E-state index contributed by atoms with van der Waals surface area (Å²) in [5, 5.41) is 49.6. The molecule has 208 valence electrons. The average Bonchev–Trinajstić information content (AvgIpc) is 3.23. The van der Waals surface area contributed by atoms with Crippen molar-refractivity contribution >= 4 is 17.5 Å². The first kappa shape index (κ1) is 21.4. The van der Waals surface area contributed by atoms with E-state index >= 15 is 0 Å². The van der Waals surface area contributed by atoms with Gasteiger partial charge in [0.1, 0.15) is 30.7 Å². The Labute approximate surface area is 223 Å². The summed E-state index contributed by atoms with van der Waals surface area (Å²) in [6, 6.07) is 0. The third-order valence-corrected chi connectivity index (χ3v) is 10.1. The van der Waals surface area contributed by atoms with E-state index in [-0.39, 0.29) is 36.2 Å². The number of carboxylic acid groups (broad SMARTS) is 1. The third kappa shape index (κ3) is 4.19. The molecule has 0 radical (unpaired) electrons. The number of aliphatic hydroxyl groups is 4. The quantitative estimate of drug-likeness (QED) is 0.319. The second-order valence-corrected chi connectivity index (χ2v) is 12.0. The summed E-state index contributed by atoms with van der Waals surface area (Å²) in [6.45, 7) is 2.96. The Kier molecular flexibility index (Phi) is 5.58. The minimum Gasteiger partial charge on any atom is -0.479 e. The second kappa shape index (κ2) is 9.64. The van der Waals surface area contributed by atoms with Gasteiger partial charge in [0, 0.05) is 23.7 Å². The van der Waals surface area contributed by atoms with Gasteiger partial charge in [0.05, 0.1) is 7.45 Å². The average molecular weight is 530 g/mol. The van der Waals surface area contributed by atoms with E-state index in [0.29, 0.717) is 19.3 Å². The van der Waals surface area contributed by atoms with Crippen LogP contribution in [0, 0.1) is 40.4 Å². The van der Waals surface area contributed by atoms with Gasteiger partial charge in [0.15, 0.2) is 18.2 Å². The highest BCUT2D eigenvalue weighted by atomic mass is 16.7. The molecule has 5 N–H and O–H groups in total. The highest BCUT2D eigenvalue weighted by molar-refractivity contribution is 5.88. The van der Waals surface area contributed by atoms with Crippen LogP contribution in [0.15, 0.2) is 0 Å². The van der Waals surface area contributed by atoms with E-state index in [0.717, 1.165) is 0 Å². The molecular weight excluding hydrogens is 484 g/mol. The molecular formula is C27H40O10. The van der Waals surface area contributed by atoms with Gasteiger partial charge in [-0.25, -0.2) is 4.79 Å². The zero-order chi connectivity index (χ0) is 31.4. The molecule has 1 aliphatic heterocycles. The van der Waals surface area contributed by atoms with Gasteiger partial charge in [-0.3, -0.25) is 9.59 Å². The first-order valence-electron chi connectivity index (χ1n) is 15.5. The van der Waals surface area contributed by atoms with E-state index in [1.165, 1.54) is 0 Å². The minimum atomic E-state index is -3.06. The van der Waals surface area contributed by atoms with Crippen LogP contribution in [-0.4, -0.2) is 86.5 Å². The molecule has 5 rings (SSSR count). The normalized spacial score (nSPS) is 58.3. The lowest BCUT2D eigenvalue weighted by molar-refractivity contribution is -0.309. The van der Waals surface area contributed by atoms with Crippen molar-refractivity contribution in [1.82, 2.24) is 0 Å². The molecule has 0 unspecified atom stereocenters. The predicted octanol–water partition coefficient (Wildman–Crippen LogP) is 0.663. The topological polar surface area (TPSA) is 171 Å². The number of rotatable bonds is 5. The molecule has 5 aliphatic rings. The highest BCUT2D eigenvalue weighted by Crippen LogP contribution is 2.66. The number of aliphatic hydroxyl groups excluding tert-OH is 4. The van der Waals surface area contributed by atoms with Crippen molar-refractivity contribution in [3.05, 3.63) is 0 Å². The van der Waals surface area contributed by atoms with Crippen LogP contribution in [0.2, 0.25) is 0 Å². The van der Waals surface area contributed by atoms with Gasteiger partial charge in [-0.1, -0.05) is 13.8 Å². The largest absolute Gasteiger partial charge is 0.479 e. The van der Waals surface area contributed by atoms with Crippen LogP contribution in [0.4, 0.5) is 0 Å². The number of carbonyl (C=O) groups excluding carboxylic acids is 2. The third-order valence-electron chi connectivity index (χ3n) is 10.1.